The molecule has 0 aliphatic carbocycles. The van der Waals surface area contributed by atoms with Crippen molar-refractivity contribution in [3.05, 3.63) is 131 Å². The average molecular weight is 649 g/mol. The van der Waals surface area contributed by atoms with Crippen LogP contribution in [-0.4, -0.2) is 41.2 Å². The van der Waals surface area contributed by atoms with E-state index in [1.54, 1.807) is 30.3 Å². The van der Waals surface area contributed by atoms with Crippen molar-refractivity contribution in [2.24, 2.45) is 0 Å². The topological polar surface area (TPSA) is 116 Å². The Labute approximate surface area is 256 Å². The number of alkyl halides is 6. The van der Waals surface area contributed by atoms with E-state index in [1.807, 2.05) is 72.8 Å². The Kier molecular flexibility index (Phi) is 11.6. The monoisotopic (exact) mass is 648 g/mol. The number of carboxylic acid groups (broad SMARTS) is 1. The van der Waals surface area contributed by atoms with Crippen LogP contribution < -0.4 is 9.47 Å². The first-order valence-electron chi connectivity index (χ1n) is 12.9. The summed E-state index contributed by atoms with van der Waals surface area (Å²) in [5, 5.41) is 9.01. The highest BCUT2D eigenvalue weighted by molar-refractivity contribution is 6.11. The van der Waals surface area contributed by atoms with Gasteiger partial charge in [-0.2, -0.15) is 26.3 Å². The van der Waals surface area contributed by atoms with Crippen molar-refractivity contribution in [1.82, 2.24) is 0 Å². The van der Waals surface area contributed by atoms with Crippen LogP contribution in [0.1, 0.15) is 37.4 Å². The fourth-order valence-electron chi connectivity index (χ4n) is 3.68. The number of halogens is 6. The molecule has 1 N–H and O–H groups in total. The molecule has 46 heavy (non-hydrogen) atoms. The van der Waals surface area contributed by atoms with Crippen LogP contribution in [0, 0.1) is 0 Å². The van der Waals surface area contributed by atoms with Crippen molar-refractivity contribution >= 4 is 23.7 Å². The normalized spacial score (nSPS) is 11.8. The smallest absolute Gasteiger partial charge is 0.489 e. The van der Waals surface area contributed by atoms with Gasteiger partial charge in [-0.1, -0.05) is 72.8 Å². The number of aromatic carboxylic acids is 1. The van der Waals surface area contributed by atoms with Crippen LogP contribution in [0.3, 0.4) is 0 Å². The van der Waals surface area contributed by atoms with Crippen molar-refractivity contribution in [3.63, 3.8) is 0 Å². The van der Waals surface area contributed by atoms with E-state index in [0.29, 0.717) is 23.5 Å². The van der Waals surface area contributed by atoms with Gasteiger partial charge in [-0.05, 0) is 30.3 Å². The molecular weight excluding hydrogens is 626 g/mol. The standard InChI is InChI=1S/C14H12O3.C14H10O2.C4F6O3/c15-14(16)13-9-5-4-6-11(13)10-17-12-7-2-1-3-8-12;15-14-11-6-2-1-5-10(11)9-16-13-8-4-3-7-12(13)14;5-3(6,7)1(11)13-2(12)4(8,9)10/h1-9H,10H2,(H,15,16);1-8H,9H2;. The number of carboxylic acids is 1. The lowest BCUT2D eigenvalue weighted by Crippen LogP contribution is -2.34. The molecule has 0 spiro atoms. The Morgan fingerprint density at radius 2 is 1.22 bits per heavy atom. The third-order valence-corrected chi connectivity index (χ3v) is 5.81. The van der Waals surface area contributed by atoms with Gasteiger partial charge in [0.05, 0.1) is 11.1 Å². The molecule has 8 nitrogen and oxygen atoms in total. The zero-order chi connectivity index (χ0) is 33.9. The second kappa shape index (κ2) is 15.4. The quantitative estimate of drug-likeness (QED) is 0.144. The van der Waals surface area contributed by atoms with E-state index < -0.39 is 30.3 Å². The van der Waals surface area contributed by atoms with Crippen LogP contribution >= 0.6 is 0 Å². The van der Waals surface area contributed by atoms with Gasteiger partial charge >= 0.3 is 30.3 Å². The number of fused-ring (bicyclic) bond motifs is 2. The van der Waals surface area contributed by atoms with Crippen LogP contribution in [-0.2, 0) is 27.5 Å². The Balaban J connectivity index is 0.000000190. The summed E-state index contributed by atoms with van der Waals surface area (Å²) >= 11 is 0. The molecule has 0 atom stereocenters. The highest BCUT2D eigenvalue weighted by Crippen LogP contribution is 2.28. The molecule has 14 heteroatoms. The lowest BCUT2D eigenvalue weighted by molar-refractivity contribution is -0.221. The van der Waals surface area contributed by atoms with Gasteiger partial charge in [0.25, 0.3) is 0 Å². The fourth-order valence-corrected chi connectivity index (χ4v) is 3.68. The van der Waals surface area contributed by atoms with Gasteiger partial charge in [0.1, 0.15) is 24.7 Å². The van der Waals surface area contributed by atoms with Gasteiger partial charge in [-0.25, -0.2) is 14.4 Å². The number of ether oxygens (including phenoxy) is 3. The SMILES string of the molecule is O=C(O)c1ccccc1COc1ccccc1.O=C(OC(=O)C(F)(F)F)C(F)(F)F.O=C1c2ccccc2COc2ccccc21. The molecular formula is C32H22F6O8. The lowest BCUT2D eigenvalue weighted by atomic mass is 9.99. The summed E-state index contributed by atoms with van der Waals surface area (Å²) in [5.41, 5.74) is 3.29. The first-order valence-corrected chi connectivity index (χ1v) is 12.9. The van der Waals surface area contributed by atoms with Gasteiger partial charge < -0.3 is 19.3 Å². The molecule has 0 saturated carbocycles. The molecule has 240 valence electrons. The third-order valence-electron chi connectivity index (χ3n) is 5.81. The van der Waals surface area contributed by atoms with Crippen molar-refractivity contribution in [1.29, 1.82) is 0 Å². The average Bonchev–Trinajstić information content (AvgIpc) is 3.17. The number of benzene rings is 4. The molecule has 0 bridgehead atoms. The molecule has 0 saturated heterocycles. The maximum absolute atomic E-state index is 12.2. The minimum atomic E-state index is -5.62. The number of ketones is 1. The molecule has 0 amide bonds. The Bertz CT molecular complexity index is 1610. The molecule has 1 heterocycles. The number of carbonyl (C=O) groups excluding carboxylic acids is 3. The molecule has 0 unspecified atom stereocenters. The number of para-hydroxylation sites is 2. The van der Waals surface area contributed by atoms with E-state index in [9.17, 15) is 45.5 Å². The minimum Gasteiger partial charge on any atom is -0.489 e. The molecule has 1 aliphatic rings. The van der Waals surface area contributed by atoms with Crippen LogP contribution in [0.25, 0.3) is 0 Å². The first kappa shape index (κ1) is 34.8. The largest absolute Gasteiger partial charge is 0.491 e. The maximum atomic E-state index is 12.2. The van der Waals surface area contributed by atoms with Gasteiger partial charge in [0.2, 0.25) is 0 Å². The maximum Gasteiger partial charge on any atom is 0.491 e. The number of hydrogen-bond donors (Lipinski definition) is 1. The predicted octanol–water partition coefficient (Wildman–Crippen LogP) is 6.95. The van der Waals surface area contributed by atoms with Gasteiger partial charge in [-0.3, -0.25) is 4.79 Å². The summed E-state index contributed by atoms with van der Waals surface area (Å²) in [7, 11) is 0. The molecule has 0 radical (unpaired) electrons. The number of hydrogen-bond acceptors (Lipinski definition) is 7. The van der Waals surface area contributed by atoms with Crippen molar-refractivity contribution in [2.45, 2.75) is 25.6 Å². The summed E-state index contributed by atoms with van der Waals surface area (Å²) in [6, 6.07) is 31.1. The first-order chi connectivity index (χ1) is 21.7. The zero-order valence-electron chi connectivity index (χ0n) is 23.3. The van der Waals surface area contributed by atoms with E-state index in [1.165, 1.54) is 0 Å². The fraction of sp³-hybridized carbons (Fsp3) is 0.125. The van der Waals surface area contributed by atoms with Crippen molar-refractivity contribution < 1.29 is 64.8 Å². The van der Waals surface area contributed by atoms with Gasteiger partial charge in [-0.15, -0.1) is 0 Å². The number of carbonyl (C=O) groups is 4. The predicted molar refractivity (Wildman–Crippen MR) is 148 cm³/mol. The van der Waals surface area contributed by atoms with E-state index in [4.69, 9.17) is 14.6 Å². The number of esters is 2. The minimum absolute atomic E-state index is 0.0451. The van der Waals surface area contributed by atoms with Crippen molar-refractivity contribution in [3.8, 4) is 11.5 Å². The summed E-state index contributed by atoms with van der Waals surface area (Å²) in [6.45, 7) is 0.714. The molecule has 0 fully saturated rings. The summed E-state index contributed by atoms with van der Waals surface area (Å²) in [6.07, 6.45) is -11.2. The van der Waals surface area contributed by atoms with Gasteiger partial charge in [0, 0.05) is 16.7 Å². The Hall–Kier alpha value is -5.66. The molecule has 4 aromatic rings. The third kappa shape index (κ3) is 9.94. The second-order valence-corrected chi connectivity index (χ2v) is 9.01. The second-order valence-electron chi connectivity index (χ2n) is 9.01. The van der Waals surface area contributed by atoms with Crippen LogP contribution in [0.15, 0.2) is 103 Å². The molecule has 0 aromatic heterocycles. The highest BCUT2D eigenvalue weighted by atomic mass is 19.4. The van der Waals surface area contributed by atoms with Crippen molar-refractivity contribution in [2.75, 3.05) is 0 Å². The highest BCUT2D eigenvalue weighted by Gasteiger charge is 2.49. The summed E-state index contributed by atoms with van der Waals surface area (Å²) in [5.74, 6) is -5.89. The zero-order valence-corrected chi connectivity index (χ0v) is 23.3. The molecule has 5 rings (SSSR count). The summed E-state index contributed by atoms with van der Waals surface area (Å²) < 4.78 is 80.8. The Morgan fingerprint density at radius 3 is 1.83 bits per heavy atom. The molecule has 4 aromatic carbocycles. The van der Waals surface area contributed by atoms with Crippen LogP contribution in [0.4, 0.5) is 26.3 Å². The lowest BCUT2D eigenvalue weighted by Gasteiger charge is -2.08. The summed E-state index contributed by atoms with van der Waals surface area (Å²) in [4.78, 5) is 42.5. The molecule has 1 aliphatic heterocycles. The van der Waals surface area contributed by atoms with E-state index in [2.05, 4.69) is 4.74 Å². The number of rotatable bonds is 4. The van der Waals surface area contributed by atoms with E-state index in [-0.39, 0.29) is 18.0 Å². The van der Waals surface area contributed by atoms with E-state index >= 15 is 0 Å². The van der Waals surface area contributed by atoms with Crippen LogP contribution in [0.5, 0.6) is 11.5 Å². The van der Waals surface area contributed by atoms with Crippen LogP contribution in [0.2, 0.25) is 0 Å². The van der Waals surface area contributed by atoms with E-state index in [0.717, 1.165) is 16.9 Å². The Morgan fingerprint density at radius 1 is 0.696 bits per heavy atom. The van der Waals surface area contributed by atoms with Gasteiger partial charge in [0.15, 0.2) is 5.78 Å².